The van der Waals surface area contributed by atoms with E-state index in [4.69, 9.17) is 16.3 Å². The second-order valence-electron chi connectivity index (χ2n) is 3.05. The Hall–Kier alpha value is -0.690. The van der Waals surface area contributed by atoms with Crippen LogP contribution in [0.15, 0.2) is 10.8 Å². The van der Waals surface area contributed by atoms with E-state index < -0.39 is 6.29 Å². The zero-order chi connectivity index (χ0) is 11.7. The lowest BCUT2D eigenvalue weighted by Gasteiger charge is -2.08. The molecule has 0 radical (unpaired) electrons. The molecular weight excluding hydrogens is 297 g/mol. The number of halogens is 2. The molecule has 86 valence electrons. The normalized spacial score (nSPS) is 13.2. The van der Waals surface area contributed by atoms with Crippen molar-refractivity contribution >= 4 is 38.6 Å². The van der Waals surface area contributed by atoms with Gasteiger partial charge in [0.05, 0.1) is 15.6 Å². The molecule has 2 heterocycles. The molecule has 0 aliphatic carbocycles. The standard InChI is InChI=1S/C9H9BrClN3O2/c1-2-16-9(15)6-5(10)4-7(11)12-3-13-8(4)14-6/h3,9,15H,2H2,1H3,(H,12,13,14). The van der Waals surface area contributed by atoms with Crippen LogP contribution in [0.3, 0.4) is 0 Å². The highest BCUT2D eigenvalue weighted by Gasteiger charge is 2.19. The minimum atomic E-state index is -1.04. The lowest BCUT2D eigenvalue weighted by Crippen LogP contribution is -2.03. The Morgan fingerprint density at radius 1 is 1.62 bits per heavy atom. The maximum absolute atomic E-state index is 9.72. The number of aliphatic hydroxyl groups excluding tert-OH is 1. The summed E-state index contributed by atoms with van der Waals surface area (Å²) in [5.74, 6) is 0. The number of nitrogens with zero attached hydrogens (tertiary/aromatic N) is 2. The first-order valence-corrected chi connectivity index (χ1v) is 5.79. The number of fused-ring (bicyclic) bond motifs is 1. The highest BCUT2D eigenvalue weighted by molar-refractivity contribution is 9.10. The van der Waals surface area contributed by atoms with Crippen LogP contribution in [-0.4, -0.2) is 26.7 Å². The van der Waals surface area contributed by atoms with Gasteiger partial charge < -0.3 is 14.8 Å². The summed E-state index contributed by atoms with van der Waals surface area (Å²) in [5, 5.41) is 10.7. The number of aromatic amines is 1. The Morgan fingerprint density at radius 2 is 2.38 bits per heavy atom. The van der Waals surface area contributed by atoms with Gasteiger partial charge in [0.25, 0.3) is 0 Å². The van der Waals surface area contributed by atoms with Crippen molar-refractivity contribution in [2.24, 2.45) is 0 Å². The van der Waals surface area contributed by atoms with E-state index >= 15 is 0 Å². The second-order valence-corrected chi connectivity index (χ2v) is 4.20. The van der Waals surface area contributed by atoms with Gasteiger partial charge in [-0.1, -0.05) is 11.6 Å². The molecule has 0 aliphatic heterocycles. The molecule has 1 atom stereocenters. The molecule has 0 aliphatic rings. The van der Waals surface area contributed by atoms with Gasteiger partial charge in [-0.2, -0.15) is 0 Å². The summed E-state index contributed by atoms with van der Waals surface area (Å²) in [6.45, 7) is 2.20. The van der Waals surface area contributed by atoms with Gasteiger partial charge >= 0.3 is 0 Å². The predicted octanol–water partition coefficient (Wildman–Crippen LogP) is 2.40. The van der Waals surface area contributed by atoms with E-state index in [0.29, 0.717) is 33.0 Å². The van der Waals surface area contributed by atoms with Crippen molar-refractivity contribution in [3.05, 3.63) is 21.6 Å². The van der Waals surface area contributed by atoms with Gasteiger partial charge in [0, 0.05) is 6.61 Å². The van der Waals surface area contributed by atoms with Crippen LogP contribution in [0.25, 0.3) is 11.0 Å². The van der Waals surface area contributed by atoms with E-state index in [1.165, 1.54) is 6.33 Å². The van der Waals surface area contributed by atoms with Crippen molar-refractivity contribution in [2.45, 2.75) is 13.2 Å². The number of ether oxygens (including phenoxy) is 1. The number of aromatic nitrogens is 3. The summed E-state index contributed by atoms with van der Waals surface area (Å²) < 4.78 is 5.70. The fourth-order valence-electron chi connectivity index (χ4n) is 1.38. The molecule has 2 aromatic heterocycles. The molecule has 0 aromatic carbocycles. The number of hydrogen-bond acceptors (Lipinski definition) is 4. The fourth-order valence-corrected chi connectivity index (χ4v) is 2.39. The minimum absolute atomic E-state index is 0.322. The van der Waals surface area contributed by atoms with E-state index in [1.807, 2.05) is 0 Å². The van der Waals surface area contributed by atoms with E-state index in [1.54, 1.807) is 6.92 Å². The third kappa shape index (κ3) is 1.93. The van der Waals surface area contributed by atoms with Crippen LogP contribution in [0.5, 0.6) is 0 Å². The zero-order valence-electron chi connectivity index (χ0n) is 8.37. The van der Waals surface area contributed by atoms with Crippen molar-refractivity contribution in [3.8, 4) is 0 Å². The molecule has 0 bridgehead atoms. The van der Waals surface area contributed by atoms with Crippen LogP contribution in [0.4, 0.5) is 0 Å². The highest BCUT2D eigenvalue weighted by atomic mass is 79.9. The van der Waals surface area contributed by atoms with E-state index in [9.17, 15) is 5.11 Å². The van der Waals surface area contributed by atoms with Crippen molar-refractivity contribution < 1.29 is 9.84 Å². The van der Waals surface area contributed by atoms with E-state index in [0.717, 1.165) is 0 Å². The van der Waals surface area contributed by atoms with Gasteiger partial charge in [-0.25, -0.2) is 9.97 Å². The van der Waals surface area contributed by atoms with Crippen molar-refractivity contribution in [2.75, 3.05) is 6.61 Å². The molecule has 0 saturated carbocycles. The predicted molar refractivity (Wildman–Crippen MR) is 63.2 cm³/mol. The summed E-state index contributed by atoms with van der Waals surface area (Å²) in [7, 11) is 0. The second kappa shape index (κ2) is 4.67. The van der Waals surface area contributed by atoms with Crippen LogP contribution in [0.1, 0.15) is 18.9 Å². The average Bonchev–Trinajstić information content (AvgIpc) is 2.58. The SMILES string of the molecule is CCOC(O)c1[nH]c2ncnc(Cl)c2c1Br. The Balaban J connectivity index is 2.56. The number of aliphatic hydroxyl groups is 1. The summed E-state index contributed by atoms with van der Waals surface area (Å²) in [5.41, 5.74) is 1.04. The Bertz CT molecular complexity index is 517. The number of rotatable bonds is 3. The molecule has 2 rings (SSSR count). The molecule has 2 N–H and O–H groups in total. The molecule has 16 heavy (non-hydrogen) atoms. The number of H-pyrrole nitrogens is 1. The zero-order valence-corrected chi connectivity index (χ0v) is 10.7. The molecule has 0 fully saturated rings. The molecule has 0 saturated heterocycles. The van der Waals surface area contributed by atoms with Crippen molar-refractivity contribution in [3.63, 3.8) is 0 Å². The first-order valence-electron chi connectivity index (χ1n) is 4.62. The van der Waals surface area contributed by atoms with Gasteiger partial charge in [-0.3, -0.25) is 0 Å². The molecular formula is C9H9BrClN3O2. The third-order valence-corrected chi connectivity index (χ3v) is 3.19. The Kier molecular flexibility index (Phi) is 3.44. The van der Waals surface area contributed by atoms with Gasteiger partial charge in [-0.05, 0) is 22.9 Å². The van der Waals surface area contributed by atoms with Gasteiger partial charge in [0.1, 0.15) is 17.1 Å². The highest BCUT2D eigenvalue weighted by Crippen LogP contribution is 2.34. The largest absolute Gasteiger partial charge is 0.363 e. The molecule has 0 spiro atoms. The van der Waals surface area contributed by atoms with E-state index in [2.05, 4.69) is 30.9 Å². The third-order valence-electron chi connectivity index (χ3n) is 2.08. The smallest absolute Gasteiger partial charge is 0.197 e. The minimum Gasteiger partial charge on any atom is -0.363 e. The number of hydrogen-bond donors (Lipinski definition) is 2. The van der Waals surface area contributed by atoms with Crippen LogP contribution in [0.2, 0.25) is 5.15 Å². The van der Waals surface area contributed by atoms with Gasteiger partial charge in [0.2, 0.25) is 0 Å². The lowest BCUT2D eigenvalue weighted by atomic mass is 10.3. The molecule has 5 nitrogen and oxygen atoms in total. The van der Waals surface area contributed by atoms with Crippen molar-refractivity contribution in [1.29, 1.82) is 0 Å². The topological polar surface area (TPSA) is 71.0 Å². The van der Waals surface area contributed by atoms with Gasteiger partial charge in [0.15, 0.2) is 6.29 Å². The molecule has 2 aromatic rings. The molecule has 1 unspecified atom stereocenters. The van der Waals surface area contributed by atoms with E-state index in [-0.39, 0.29) is 0 Å². The lowest BCUT2D eigenvalue weighted by molar-refractivity contribution is -0.101. The maximum Gasteiger partial charge on any atom is 0.197 e. The Morgan fingerprint density at radius 3 is 3.00 bits per heavy atom. The fraction of sp³-hybridized carbons (Fsp3) is 0.333. The van der Waals surface area contributed by atoms with Crippen molar-refractivity contribution in [1.82, 2.24) is 15.0 Å². The van der Waals surface area contributed by atoms with Crippen LogP contribution in [0, 0.1) is 0 Å². The average molecular weight is 307 g/mol. The van der Waals surface area contributed by atoms with Crippen LogP contribution < -0.4 is 0 Å². The number of nitrogens with one attached hydrogen (secondary N) is 1. The quantitative estimate of drug-likeness (QED) is 0.675. The van der Waals surface area contributed by atoms with Gasteiger partial charge in [-0.15, -0.1) is 0 Å². The first kappa shape index (κ1) is 11.8. The van der Waals surface area contributed by atoms with Crippen LogP contribution in [-0.2, 0) is 4.74 Å². The van der Waals surface area contributed by atoms with Crippen LogP contribution >= 0.6 is 27.5 Å². The monoisotopic (exact) mass is 305 g/mol. The summed E-state index contributed by atoms with van der Waals surface area (Å²) in [6, 6.07) is 0. The maximum atomic E-state index is 9.72. The molecule has 7 heteroatoms. The summed E-state index contributed by atoms with van der Waals surface area (Å²) >= 11 is 9.27. The summed E-state index contributed by atoms with van der Waals surface area (Å²) in [6.07, 6.45) is 0.314. The first-order chi connectivity index (χ1) is 7.65. The Labute approximate surface area is 105 Å². The summed E-state index contributed by atoms with van der Waals surface area (Å²) in [4.78, 5) is 10.8. The molecule has 0 amide bonds.